The number of nitrogens with zero attached hydrogens (tertiary/aromatic N) is 1. The number of rotatable bonds is 3. The van der Waals surface area contributed by atoms with Crippen molar-refractivity contribution in [3.05, 3.63) is 21.7 Å². The van der Waals surface area contributed by atoms with Gasteiger partial charge in [0.05, 0.1) is 16.8 Å². The van der Waals surface area contributed by atoms with Crippen LogP contribution in [0.1, 0.15) is 24.0 Å². The molecule has 1 heterocycles. The summed E-state index contributed by atoms with van der Waals surface area (Å²) in [6.45, 7) is 3.81. The largest absolute Gasteiger partial charge is 0.388 e. The molecule has 0 fully saturated rings. The van der Waals surface area contributed by atoms with Crippen LogP contribution in [0, 0.1) is 19.3 Å². The second kappa shape index (κ2) is 4.94. The van der Waals surface area contributed by atoms with Gasteiger partial charge in [0.1, 0.15) is 0 Å². The van der Waals surface area contributed by atoms with Gasteiger partial charge in [-0.25, -0.2) is 4.98 Å². The molecule has 0 bridgehead atoms. The number of thiazole rings is 1. The van der Waals surface area contributed by atoms with E-state index in [1.165, 1.54) is 0 Å². The second-order valence-corrected chi connectivity index (χ2v) is 4.17. The first-order valence-corrected chi connectivity index (χ1v) is 5.23. The molecule has 1 aromatic heterocycles. The monoisotopic (exact) mass is 207 g/mol. The Morgan fingerprint density at radius 1 is 1.86 bits per heavy atom. The van der Waals surface area contributed by atoms with Gasteiger partial charge in [0, 0.05) is 11.8 Å². The van der Waals surface area contributed by atoms with Crippen molar-refractivity contribution in [2.24, 2.45) is 0 Å². The fraction of sp³-hybridized carbons (Fsp3) is 0.364. The van der Waals surface area contributed by atoms with Crippen molar-refractivity contribution in [3.8, 4) is 12.3 Å². The van der Waals surface area contributed by atoms with Crippen LogP contribution in [0.3, 0.4) is 0 Å². The number of aryl methyl sites for hydroxylation is 1. The summed E-state index contributed by atoms with van der Waals surface area (Å²) in [5.41, 5.74) is 1.74. The second-order valence-electron chi connectivity index (χ2n) is 3.10. The number of aliphatic hydroxyl groups excluding tert-OH is 1. The molecule has 0 saturated heterocycles. The van der Waals surface area contributed by atoms with Gasteiger partial charge >= 0.3 is 0 Å². The van der Waals surface area contributed by atoms with Crippen LogP contribution in [-0.2, 0) is 0 Å². The minimum Gasteiger partial charge on any atom is -0.388 e. The van der Waals surface area contributed by atoms with Gasteiger partial charge in [-0.1, -0.05) is 0 Å². The van der Waals surface area contributed by atoms with E-state index in [-0.39, 0.29) is 0 Å². The van der Waals surface area contributed by atoms with Crippen LogP contribution in [0.15, 0.2) is 11.0 Å². The van der Waals surface area contributed by atoms with Crippen molar-refractivity contribution in [1.82, 2.24) is 4.98 Å². The number of terminal acetylenes is 1. The summed E-state index contributed by atoms with van der Waals surface area (Å²) >= 11 is 1.59. The van der Waals surface area contributed by atoms with E-state index in [9.17, 15) is 5.11 Å². The molecule has 1 N–H and O–H groups in total. The fourth-order valence-electron chi connectivity index (χ4n) is 1.05. The van der Waals surface area contributed by atoms with Gasteiger partial charge in [0.15, 0.2) is 0 Å². The zero-order valence-electron chi connectivity index (χ0n) is 8.32. The minimum absolute atomic E-state index is 0.353. The Bertz CT molecular complexity index is 373. The zero-order chi connectivity index (χ0) is 10.6. The van der Waals surface area contributed by atoms with Crippen LogP contribution < -0.4 is 0 Å². The standard InChI is InChI=1S/C11H13NOS/c1-4-5-11(13)8(2)6-10-7-14-9(3)12-10/h1,6-7,11,13H,5H2,2-3H3/b8-6+. The molecule has 74 valence electrons. The van der Waals surface area contributed by atoms with Crippen molar-refractivity contribution in [1.29, 1.82) is 0 Å². The van der Waals surface area contributed by atoms with Gasteiger partial charge in [-0.3, -0.25) is 0 Å². The maximum absolute atomic E-state index is 9.55. The molecule has 0 amide bonds. The van der Waals surface area contributed by atoms with Crippen LogP contribution in [0.4, 0.5) is 0 Å². The van der Waals surface area contributed by atoms with Gasteiger partial charge in [-0.2, -0.15) is 0 Å². The lowest BCUT2D eigenvalue weighted by Gasteiger charge is -2.05. The van der Waals surface area contributed by atoms with Gasteiger partial charge in [0.2, 0.25) is 0 Å². The maximum Gasteiger partial charge on any atom is 0.0901 e. The van der Waals surface area contributed by atoms with E-state index in [1.807, 2.05) is 25.3 Å². The predicted octanol–water partition coefficient (Wildman–Crippen LogP) is 2.24. The summed E-state index contributed by atoms with van der Waals surface area (Å²) in [5.74, 6) is 2.43. The fourth-order valence-corrected chi connectivity index (χ4v) is 1.62. The third-order valence-electron chi connectivity index (χ3n) is 1.85. The highest BCUT2D eigenvalue weighted by Gasteiger charge is 2.04. The molecular weight excluding hydrogens is 194 g/mol. The number of hydrogen-bond donors (Lipinski definition) is 1. The van der Waals surface area contributed by atoms with Crippen LogP contribution in [0.5, 0.6) is 0 Å². The molecular formula is C11H13NOS. The van der Waals surface area contributed by atoms with Crippen molar-refractivity contribution in [2.75, 3.05) is 0 Å². The van der Waals surface area contributed by atoms with Crippen molar-refractivity contribution in [3.63, 3.8) is 0 Å². The molecule has 0 aliphatic heterocycles. The van der Waals surface area contributed by atoms with E-state index in [1.54, 1.807) is 11.3 Å². The van der Waals surface area contributed by atoms with Gasteiger partial charge in [-0.05, 0) is 25.5 Å². The lowest BCUT2D eigenvalue weighted by atomic mass is 10.1. The minimum atomic E-state index is -0.554. The topological polar surface area (TPSA) is 33.1 Å². The highest BCUT2D eigenvalue weighted by atomic mass is 32.1. The van der Waals surface area contributed by atoms with E-state index >= 15 is 0 Å². The van der Waals surface area contributed by atoms with Crippen LogP contribution in [-0.4, -0.2) is 16.2 Å². The molecule has 1 aromatic rings. The summed E-state index contributed by atoms with van der Waals surface area (Å²) in [7, 11) is 0. The Balaban J connectivity index is 2.73. The molecule has 1 unspecified atom stereocenters. The third-order valence-corrected chi connectivity index (χ3v) is 2.64. The highest BCUT2D eigenvalue weighted by molar-refractivity contribution is 7.09. The van der Waals surface area contributed by atoms with E-state index in [0.29, 0.717) is 6.42 Å². The van der Waals surface area contributed by atoms with E-state index < -0.39 is 6.10 Å². The summed E-state index contributed by atoms with van der Waals surface area (Å²) in [5, 5.41) is 12.5. The Hall–Kier alpha value is -1.11. The molecule has 3 heteroatoms. The molecule has 0 radical (unpaired) electrons. The molecule has 0 aromatic carbocycles. The van der Waals surface area contributed by atoms with Crippen LogP contribution in [0.25, 0.3) is 6.08 Å². The molecule has 0 saturated carbocycles. The molecule has 0 aliphatic rings. The Labute approximate surface area is 88.3 Å². The molecule has 2 nitrogen and oxygen atoms in total. The Kier molecular flexibility index (Phi) is 3.87. The first kappa shape index (κ1) is 11.0. The molecule has 1 rings (SSSR count). The van der Waals surface area contributed by atoms with E-state index in [0.717, 1.165) is 16.3 Å². The van der Waals surface area contributed by atoms with E-state index in [2.05, 4.69) is 10.9 Å². The smallest absolute Gasteiger partial charge is 0.0901 e. The van der Waals surface area contributed by atoms with Crippen molar-refractivity contribution < 1.29 is 5.11 Å². The van der Waals surface area contributed by atoms with E-state index in [4.69, 9.17) is 6.42 Å². The average molecular weight is 207 g/mol. The normalized spacial score (nSPS) is 13.7. The maximum atomic E-state index is 9.55. The van der Waals surface area contributed by atoms with Gasteiger partial charge in [0.25, 0.3) is 0 Å². The number of aliphatic hydroxyl groups is 1. The van der Waals surface area contributed by atoms with Gasteiger partial charge in [-0.15, -0.1) is 23.7 Å². The van der Waals surface area contributed by atoms with Gasteiger partial charge < -0.3 is 5.11 Å². The quantitative estimate of drug-likeness (QED) is 0.771. The summed E-state index contributed by atoms with van der Waals surface area (Å²) < 4.78 is 0. The summed E-state index contributed by atoms with van der Waals surface area (Å²) in [6, 6.07) is 0. The lowest BCUT2D eigenvalue weighted by molar-refractivity contribution is 0.218. The lowest BCUT2D eigenvalue weighted by Crippen LogP contribution is -2.06. The SMILES string of the molecule is C#CCC(O)/C(C)=C/c1csc(C)n1. The van der Waals surface area contributed by atoms with Crippen LogP contribution >= 0.6 is 11.3 Å². The first-order valence-electron chi connectivity index (χ1n) is 4.35. The van der Waals surface area contributed by atoms with Crippen molar-refractivity contribution >= 4 is 17.4 Å². The molecule has 1 atom stereocenters. The Morgan fingerprint density at radius 2 is 2.57 bits per heavy atom. The molecule has 14 heavy (non-hydrogen) atoms. The van der Waals surface area contributed by atoms with Crippen LogP contribution in [0.2, 0.25) is 0 Å². The summed E-state index contributed by atoms with van der Waals surface area (Å²) in [6.07, 6.45) is 6.78. The zero-order valence-corrected chi connectivity index (χ0v) is 9.14. The molecule has 0 aliphatic carbocycles. The summed E-state index contributed by atoms with van der Waals surface area (Å²) in [4.78, 5) is 4.27. The average Bonchev–Trinajstić information content (AvgIpc) is 2.51. The predicted molar refractivity (Wildman–Crippen MR) is 60.0 cm³/mol. The van der Waals surface area contributed by atoms with Crippen molar-refractivity contribution in [2.45, 2.75) is 26.4 Å². The third kappa shape index (κ3) is 2.99. The first-order chi connectivity index (χ1) is 6.63. The Morgan fingerprint density at radius 3 is 3.07 bits per heavy atom. The molecule has 0 spiro atoms. The number of aromatic nitrogens is 1. The highest BCUT2D eigenvalue weighted by Crippen LogP contribution is 2.14. The number of hydrogen-bond acceptors (Lipinski definition) is 3.